The summed E-state index contributed by atoms with van der Waals surface area (Å²) in [6, 6.07) is 5.35. The zero-order valence-electron chi connectivity index (χ0n) is 13.4. The van der Waals surface area contributed by atoms with Gasteiger partial charge in [0, 0.05) is 27.2 Å². The number of nitrogens with zero attached hydrogens (tertiary/aromatic N) is 1. The molecule has 0 atom stereocenters. The van der Waals surface area contributed by atoms with Crippen LogP contribution >= 0.6 is 0 Å². The third-order valence-corrected chi connectivity index (χ3v) is 2.95. The highest BCUT2D eigenvalue weighted by molar-refractivity contribution is 5.92. The number of esters is 1. The van der Waals surface area contributed by atoms with E-state index in [1.54, 1.807) is 26.3 Å². The highest BCUT2D eigenvalue weighted by atomic mass is 16.5. The van der Waals surface area contributed by atoms with Crippen LogP contribution < -0.4 is 15.4 Å². The largest absolute Gasteiger partial charge is 0.496 e. The van der Waals surface area contributed by atoms with Crippen molar-refractivity contribution in [2.24, 2.45) is 4.99 Å². The molecule has 22 heavy (non-hydrogen) atoms. The number of carbonyl (C=O) groups excluding carboxylic acids is 1. The van der Waals surface area contributed by atoms with Crippen molar-refractivity contribution in [2.75, 3.05) is 41.5 Å². The predicted octanol–water partition coefficient (Wildman–Crippen LogP) is 0.793. The monoisotopic (exact) mass is 309 g/mol. The van der Waals surface area contributed by atoms with Crippen LogP contribution in [0.3, 0.4) is 0 Å². The van der Waals surface area contributed by atoms with E-state index >= 15 is 0 Å². The topological polar surface area (TPSA) is 81.2 Å². The standard InChI is InChI=1S/C15H23N3O4/c1-16-15(17-7-8-20-2)18-10-11-5-6-13(21-3)12(9-11)14(19)22-4/h5-6,9H,7-8,10H2,1-4H3,(H2,16,17,18). The molecule has 7 nitrogen and oxygen atoms in total. The lowest BCUT2D eigenvalue weighted by atomic mass is 10.1. The summed E-state index contributed by atoms with van der Waals surface area (Å²) in [4.78, 5) is 15.8. The third kappa shape index (κ3) is 5.25. The molecular weight excluding hydrogens is 286 g/mol. The van der Waals surface area contributed by atoms with Crippen LogP contribution in [0.25, 0.3) is 0 Å². The molecule has 0 fully saturated rings. The summed E-state index contributed by atoms with van der Waals surface area (Å²) >= 11 is 0. The summed E-state index contributed by atoms with van der Waals surface area (Å²) in [5.74, 6) is 0.715. The van der Waals surface area contributed by atoms with Gasteiger partial charge in [-0.3, -0.25) is 4.99 Å². The number of ether oxygens (including phenoxy) is 3. The Labute approximate surface area is 130 Å². The Morgan fingerprint density at radius 1 is 1.23 bits per heavy atom. The van der Waals surface area contributed by atoms with Crippen molar-refractivity contribution in [3.63, 3.8) is 0 Å². The van der Waals surface area contributed by atoms with Crippen molar-refractivity contribution in [1.82, 2.24) is 10.6 Å². The van der Waals surface area contributed by atoms with Gasteiger partial charge in [-0.2, -0.15) is 0 Å². The summed E-state index contributed by atoms with van der Waals surface area (Å²) in [6.45, 7) is 1.77. The third-order valence-electron chi connectivity index (χ3n) is 2.95. The number of guanidine groups is 1. The first-order valence-corrected chi connectivity index (χ1v) is 6.85. The van der Waals surface area contributed by atoms with E-state index in [1.165, 1.54) is 14.2 Å². The van der Waals surface area contributed by atoms with Crippen LogP contribution in [0.1, 0.15) is 15.9 Å². The van der Waals surface area contributed by atoms with E-state index in [1.807, 2.05) is 6.07 Å². The molecule has 1 rings (SSSR count). The maximum Gasteiger partial charge on any atom is 0.341 e. The number of carbonyl (C=O) groups is 1. The fourth-order valence-corrected chi connectivity index (χ4v) is 1.81. The maximum absolute atomic E-state index is 11.7. The number of hydrogen-bond donors (Lipinski definition) is 2. The van der Waals surface area contributed by atoms with Crippen molar-refractivity contribution in [3.05, 3.63) is 29.3 Å². The lowest BCUT2D eigenvalue weighted by Crippen LogP contribution is -2.38. The fraction of sp³-hybridized carbons (Fsp3) is 0.467. The molecule has 0 bridgehead atoms. The van der Waals surface area contributed by atoms with Gasteiger partial charge < -0.3 is 24.8 Å². The molecule has 122 valence electrons. The minimum atomic E-state index is -0.429. The van der Waals surface area contributed by atoms with E-state index in [-0.39, 0.29) is 0 Å². The second-order valence-corrected chi connectivity index (χ2v) is 4.37. The number of benzene rings is 1. The Morgan fingerprint density at radius 2 is 2.00 bits per heavy atom. The molecule has 0 amide bonds. The zero-order chi connectivity index (χ0) is 16.4. The molecule has 0 aliphatic heterocycles. The molecule has 0 aliphatic rings. The minimum Gasteiger partial charge on any atom is -0.496 e. The predicted molar refractivity (Wildman–Crippen MR) is 84.4 cm³/mol. The number of rotatable bonds is 7. The summed E-state index contributed by atoms with van der Waals surface area (Å²) in [5, 5.41) is 6.27. The first-order chi connectivity index (χ1) is 10.7. The molecule has 0 spiro atoms. The minimum absolute atomic E-state index is 0.395. The number of hydrogen-bond acceptors (Lipinski definition) is 5. The second kappa shape index (κ2) is 9.62. The van der Waals surface area contributed by atoms with Crippen LogP contribution in [0.5, 0.6) is 5.75 Å². The summed E-state index contributed by atoms with van der Waals surface area (Å²) in [6.07, 6.45) is 0. The molecule has 7 heteroatoms. The van der Waals surface area contributed by atoms with E-state index in [4.69, 9.17) is 14.2 Å². The summed E-state index contributed by atoms with van der Waals surface area (Å²) < 4.78 is 14.9. The molecule has 1 aromatic rings. The van der Waals surface area contributed by atoms with E-state index in [0.717, 1.165) is 5.56 Å². The SMILES string of the molecule is CN=C(NCCOC)NCc1ccc(OC)c(C(=O)OC)c1. The highest BCUT2D eigenvalue weighted by Crippen LogP contribution is 2.20. The van der Waals surface area contributed by atoms with Gasteiger partial charge in [0.05, 0.1) is 20.8 Å². The van der Waals surface area contributed by atoms with Crippen molar-refractivity contribution in [3.8, 4) is 5.75 Å². The van der Waals surface area contributed by atoms with Crippen LogP contribution in [0.4, 0.5) is 0 Å². The van der Waals surface area contributed by atoms with Gasteiger partial charge in [-0.05, 0) is 17.7 Å². The Morgan fingerprint density at radius 3 is 2.59 bits per heavy atom. The molecule has 0 unspecified atom stereocenters. The molecule has 0 saturated carbocycles. The van der Waals surface area contributed by atoms with Gasteiger partial charge in [0.2, 0.25) is 0 Å². The van der Waals surface area contributed by atoms with Crippen LogP contribution in [0, 0.1) is 0 Å². The number of nitrogens with one attached hydrogen (secondary N) is 2. The van der Waals surface area contributed by atoms with Gasteiger partial charge in [0.25, 0.3) is 0 Å². The molecule has 0 aromatic heterocycles. The van der Waals surface area contributed by atoms with Gasteiger partial charge in [-0.15, -0.1) is 0 Å². The maximum atomic E-state index is 11.7. The first-order valence-electron chi connectivity index (χ1n) is 6.85. The van der Waals surface area contributed by atoms with Crippen molar-refractivity contribution in [1.29, 1.82) is 0 Å². The molecule has 0 aliphatic carbocycles. The van der Waals surface area contributed by atoms with Crippen LogP contribution in [0.15, 0.2) is 23.2 Å². The molecule has 1 aromatic carbocycles. The lowest BCUT2D eigenvalue weighted by molar-refractivity contribution is 0.0597. The number of methoxy groups -OCH3 is 3. The molecule has 2 N–H and O–H groups in total. The Hall–Kier alpha value is -2.28. The van der Waals surface area contributed by atoms with Crippen LogP contribution in [-0.2, 0) is 16.0 Å². The average Bonchev–Trinajstić information content (AvgIpc) is 2.57. The van der Waals surface area contributed by atoms with Crippen molar-refractivity contribution >= 4 is 11.9 Å². The van der Waals surface area contributed by atoms with E-state index in [0.29, 0.717) is 37.0 Å². The van der Waals surface area contributed by atoms with Crippen molar-refractivity contribution < 1.29 is 19.0 Å². The highest BCUT2D eigenvalue weighted by Gasteiger charge is 2.13. The Bertz CT molecular complexity index is 518. The molecule has 0 saturated heterocycles. The smallest absolute Gasteiger partial charge is 0.341 e. The average molecular weight is 309 g/mol. The lowest BCUT2D eigenvalue weighted by Gasteiger charge is -2.13. The van der Waals surface area contributed by atoms with Gasteiger partial charge in [-0.25, -0.2) is 4.79 Å². The Kier molecular flexibility index (Phi) is 7.77. The van der Waals surface area contributed by atoms with Crippen molar-refractivity contribution in [2.45, 2.75) is 6.54 Å². The van der Waals surface area contributed by atoms with Gasteiger partial charge in [0.1, 0.15) is 11.3 Å². The van der Waals surface area contributed by atoms with E-state index < -0.39 is 5.97 Å². The fourth-order valence-electron chi connectivity index (χ4n) is 1.81. The molecule has 0 radical (unpaired) electrons. The van der Waals surface area contributed by atoms with Gasteiger partial charge in [-0.1, -0.05) is 6.07 Å². The quantitative estimate of drug-likeness (QED) is 0.335. The summed E-state index contributed by atoms with van der Waals surface area (Å²) in [5.41, 5.74) is 1.31. The van der Waals surface area contributed by atoms with E-state index in [2.05, 4.69) is 15.6 Å². The van der Waals surface area contributed by atoms with Gasteiger partial charge in [0.15, 0.2) is 5.96 Å². The van der Waals surface area contributed by atoms with Crippen LogP contribution in [0.2, 0.25) is 0 Å². The first kappa shape index (κ1) is 17.8. The Balaban J connectivity index is 2.71. The van der Waals surface area contributed by atoms with Gasteiger partial charge >= 0.3 is 5.97 Å². The second-order valence-electron chi connectivity index (χ2n) is 4.37. The summed E-state index contributed by atoms with van der Waals surface area (Å²) in [7, 11) is 6.19. The number of aliphatic imine (C=N–C) groups is 1. The van der Waals surface area contributed by atoms with Crippen LogP contribution in [-0.4, -0.2) is 53.5 Å². The molecular formula is C15H23N3O4. The van der Waals surface area contributed by atoms with E-state index in [9.17, 15) is 4.79 Å². The molecule has 0 heterocycles. The normalized spacial score (nSPS) is 11.0. The zero-order valence-corrected chi connectivity index (χ0v) is 13.4.